The van der Waals surface area contributed by atoms with Gasteiger partial charge in [0.1, 0.15) is 0 Å². The third kappa shape index (κ3) is 5.52. The van der Waals surface area contributed by atoms with E-state index in [1.54, 1.807) is 0 Å². The summed E-state index contributed by atoms with van der Waals surface area (Å²) in [6, 6.07) is 0.878. The van der Waals surface area contributed by atoms with E-state index in [2.05, 4.69) is 25.9 Å². The highest BCUT2D eigenvalue weighted by atomic mass is 15.1. The highest BCUT2D eigenvalue weighted by molar-refractivity contribution is 4.69. The fourth-order valence-electron chi connectivity index (χ4n) is 1.15. The van der Waals surface area contributed by atoms with E-state index in [1.165, 1.54) is 0 Å². The van der Waals surface area contributed by atoms with E-state index in [9.17, 15) is 0 Å². The fourth-order valence-corrected chi connectivity index (χ4v) is 1.15. The first-order valence-corrected chi connectivity index (χ1v) is 4.70. The third-order valence-corrected chi connectivity index (χ3v) is 2.30. The van der Waals surface area contributed by atoms with E-state index < -0.39 is 0 Å². The summed E-state index contributed by atoms with van der Waals surface area (Å²) in [5, 5.41) is 0. The van der Waals surface area contributed by atoms with Gasteiger partial charge in [-0.3, -0.25) is 0 Å². The van der Waals surface area contributed by atoms with Crippen LogP contribution in [0, 0.1) is 0 Å². The van der Waals surface area contributed by atoms with Crippen LogP contribution in [0.4, 0.5) is 0 Å². The first-order chi connectivity index (χ1) is 5.57. The maximum atomic E-state index is 5.92. The molecule has 3 heteroatoms. The van der Waals surface area contributed by atoms with Crippen molar-refractivity contribution in [3.8, 4) is 0 Å². The second-order valence-corrected chi connectivity index (χ2v) is 3.74. The van der Waals surface area contributed by atoms with Crippen molar-refractivity contribution < 1.29 is 0 Å². The average molecular weight is 173 g/mol. The molecule has 0 amide bonds. The molecule has 4 N–H and O–H groups in total. The van der Waals surface area contributed by atoms with Gasteiger partial charge in [0.2, 0.25) is 0 Å². The summed E-state index contributed by atoms with van der Waals surface area (Å²) in [5.74, 6) is 0. The topological polar surface area (TPSA) is 55.3 Å². The normalized spacial score (nSPS) is 16.5. The van der Waals surface area contributed by atoms with Gasteiger partial charge in [0.15, 0.2) is 0 Å². The molecule has 0 fully saturated rings. The Morgan fingerprint density at radius 2 is 1.92 bits per heavy atom. The summed E-state index contributed by atoms with van der Waals surface area (Å²) in [6.45, 7) is 2.95. The minimum Gasteiger partial charge on any atom is -0.330 e. The van der Waals surface area contributed by atoms with Crippen LogP contribution in [0.3, 0.4) is 0 Å². The third-order valence-electron chi connectivity index (χ3n) is 2.30. The molecule has 0 aromatic heterocycles. The Morgan fingerprint density at radius 1 is 1.33 bits per heavy atom. The summed E-state index contributed by atoms with van der Waals surface area (Å²) < 4.78 is 0. The summed E-state index contributed by atoms with van der Waals surface area (Å²) in [6.07, 6.45) is 3.16. The van der Waals surface area contributed by atoms with Gasteiger partial charge < -0.3 is 16.4 Å². The summed E-state index contributed by atoms with van der Waals surface area (Å²) in [4.78, 5) is 2.20. The van der Waals surface area contributed by atoms with Gasteiger partial charge >= 0.3 is 0 Å². The zero-order valence-electron chi connectivity index (χ0n) is 8.59. The standard InChI is InChI=1S/C9H23N3/c1-8(12(2)3)7-9(11)5-4-6-10/h8-9H,4-7,10-11H2,1-3H3. The molecule has 0 aromatic rings. The summed E-state index contributed by atoms with van der Waals surface area (Å²) in [5.41, 5.74) is 11.3. The Bertz CT molecular complexity index is 104. The Hall–Kier alpha value is -0.120. The van der Waals surface area contributed by atoms with Crippen molar-refractivity contribution in [2.24, 2.45) is 11.5 Å². The van der Waals surface area contributed by atoms with Crippen LogP contribution < -0.4 is 11.5 Å². The van der Waals surface area contributed by atoms with Gasteiger partial charge in [-0.25, -0.2) is 0 Å². The lowest BCUT2D eigenvalue weighted by Gasteiger charge is -2.23. The van der Waals surface area contributed by atoms with Crippen molar-refractivity contribution in [2.45, 2.75) is 38.3 Å². The minimum absolute atomic E-state index is 0.311. The molecule has 0 aliphatic carbocycles. The van der Waals surface area contributed by atoms with Crippen LogP contribution in [-0.4, -0.2) is 37.6 Å². The van der Waals surface area contributed by atoms with Crippen molar-refractivity contribution in [2.75, 3.05) is 20.6 Å². The molecule has 2 unspecified atom stereocenters. The lowest BCUT2D eigenvalue weighted by molar-refractivity contribution is 0.279. The van der Waals surface area contributed by atoms with Crippen LogP contribution in [0.1, 0.15) is 26.2 Å². The number of hydrogen-bond donors (Lipinski definition) is 2. The van der Waals surface area contributed by atoms with Crippen LogP contribution in [0.15, 0.2) is 0 Å². The largest absolute Gasteiger partial charge is 0.330 e. The van der Waals surface area contributed by atoms with Crippen molar-refractivity contribution in [1.29, 1.82) is 0 Å². The molecule has 3 nitrogen and oxygen atoms in total. The number of nitrogens with zero attached hydrogens (tertiary/aromatic N) is 1. The van der Waals surface area contributed by atoms with Gasteiger partial charge in [-0.15, -0.1) is 0 Å². The van der Waals surface area contributed by atoms with Gasteiger partial charge in [-0.2, -0.15) is 0 Å². The molecule has 0 heterocycles. The highest BCUT2D eigenvalue weighted by Gasteiger charge is 2.09. The Kier molecular flexibility index (Phi) is 6.34. The van der Waals surface area contributed by atoms with Crippen molar-refractivity contribution >= 4 is 0 Å². The molecule has 0 spiro atoms. The van der Waals surface area contributed by atoms with Crippen LogP contribution in [-0.2, 0) is 0 Å². The van der Waals surface area contributed by atoms with Crippen LogP contribution in [0.5, 0.6) is 0 Å². The molecule has 74 valence electrons. The quantitative estimate of drug-likeness (QED) is 0.611. The summed E-state index contributed by atoms with van der Waals surface area (Å²) in [7, 11) is 4.17. The number of hydrogen-bond acceptors (Lipinski definition) is 3. The molecule has 0 radical (unpaired) electrons. The van der Waals surface area contributed by atoms with Crippen molar-refractivity contribution in [3.05, 3.63) is 0 Å². The lowest BCUT2D eigenvalue weighted by Crippen LogP contribution is -2.33. The van der Waals surface area contributed by atoms with E-state index in [0.717, 1.165) is 25.8 Å². The molecule has 2 atom stereocenters. The van der Waals surface area contributed by atoms with Crippen LogP contribution in [0.2, 0.25) is 0 Å². The molecule has 12 heavy (non-hydrogen) atoms. The first kappa shape index (κ1) is 11.9. The number of nitrogens with two attached hydrogens (primary N) is 2. The van der Waals surface area contributed by atoms with E-state index in [0.29, 0.717) is 12.1 Å². The van der Waals surface area contributed by atoms with Crippen LogP contribution >= 0.6 is 0 Å². The summed E-state index contributed by atoms with van der Waals surface area (Å²) >= 11 is 0. The van der Waals surface area contributed by atoms with E-state index >= 15 is 0 Å². The van der Waals surface area contributed by atoms with E-state index in [1.807, 2.05) is 0 Å². The second-order valence-electron chi connectivity index (χ2n) is 3.74. The molecule has 0 bridgehead atoms. The lowest BCUT2D eigenvalue weighted by atomic mass is 10.0. The molecular formula is C9H23N3. The zero-order chi connectivity index (χ0) is 9.56. The molecule has 0 aromatic carbocycles. The fraction of sp³-hybridized carbons (Fsp3) is 1.00. The van der Waals surface area contributed by atoms with E-state index in [4.69, 9.17) is 11.5 Å². The van der Waals surface area contributed by atoms with Crippen LogP contribution in [0.25, 0.3) is 0 Å². The number of rotatable bonds is 6. The van der Waals surface area contributed by atoms with Crippen molar-refractivity contribution in [1.82, 2.24) is 4.90 Å². The molecule has 0 saturated heterocycles. The maximum Gasteiger partial charge on any atom is 0.00755 e. The molecule has 0 aliphatic heterocycles. The Labute approximate surface area is 76.1 Å². The Balaban J connectivity index is 3.47. The van der Waals surface area contributed by atoms with Gasteiger partial charge in [0, 0.05) is 12.1 Å². The second kappa shape index (κ2) is 6.40. The minimum atomic E-state index is 0.311. The SMILES string of the molecule is CC(CC(N)CCCN)N(C)C. The highest BCUT2D eigenvalue weighted by Crippen LogP contribution is 2.05. The first-order valence-electron chi connectivity index (χ1n) is 4.70. The predicted molar refractivity (Wildman–Crippen MR) is 54.0 cm³/mol. The molecule has 0 aliphatic rings. The Morgan fingerprint density at radius 3 is 2.33 bits per heavy atom. The average Bonchev–Trinajstić information content (AvgIpc) is 2.00. The maximum absolute atomic E-state index is 5.92. The molecular weight excluding hydrogens is 150 g/mol. The van der Waals surface area contributed by atoms with Gasteiger partial charge in [-0.05, 0) is 46.8 Å². The zero-order valence-corrected chi connectivity index (χ0v) is 8.59. The van der Waals surface area contributed by atoms with E-state index in [-0.39, 0.29) is 0 Å². The smallest absolute Gasteiger partial charge is 0.00755 e. The monoisotopic (exact) mass is 173 g/mol. The predicted octanol–water partition coefficient (Wildman–Crippen LogP) is 0.393. The molecule has 0 saturated carbocycles. The van der Waals surface area contributed by atoms with Crippen molar-refractivity contribution in [3.63, 3.8) is 0 Å². The van der Waals surface area contributed by atoms with Gasteiger partial charge in [-0.1, -0.05) is 0 Å². The molecule has 0 rings (SSSR count). The van der Waals surface area contributed by atoms with Gasteiger partial charge in [0.05, 0.1) is 0 Å². The van der Waals surface area contributed by atoms with Gasteiger partial charge in [0.25, 0.3) is 0 Å².